The molecule has 0 spiro atoms. The van der Waals surface area contributed by atoms with Crippen molar-refractivity contribution in [3.8, 4) is 0 Å². The predicted molar refractivity (Wildman–Crippen MR) is 165 cm³/mol. The fourth-order valence-electron chi connectivity index (χ4n) is 3.49. The Morgan fingerprint density at radius 3 is 0.800 bits per heavy atom. The van der Waals surface area contributed by atoms with Gasteiger partial charge in [0, 0.05) is 19.5 Å². The van der Waals surface area contributed by atoms with E-state index in [0.717, 1.165) is 0 Å². The number of fused-ring (bicyclic) bond motifs is 2. The molecule has 4 heteroatoms. The number of hydrogen-bond donors (Lipinski definition) is 0. The van der Waals surface area contributed by atoms with Gasteiger partial charge < -0.3 is 0 Å². The molecule has 0 aromatic heterocycles. The molecule has 0 nitrogen and oxygen atoms in total. The van der Waals surface area contributed by atoms with E-state index in [1.807, 2.05) is 0 Å². The van der Waals surface area contributed by atoms with Crippen LogP contribution < -0.4 is 15.9 Å². The topological polar surface area (TPSA) is 0 Å². The van der Waals surface area contributed by atoms with Crippen LogP contribution in [-0.2, 0) is 19.5 Å². The maximum Gasteiger partial charge on any atom is 0 e. The minimum absolute atomic E-state index is 0. The summed E-state index contributed by atoms with van der Waals surface area (Å²) in [6.07, 6.45) is 8.54. The van der Waals surface area contributed by atoms with Crippen LogP contribution in [0.2, 0.25) is 0 Å². The maximum atomic E-state index is 2.27. The normalized spacial score (nSPS) is 12.8. The first-order chi connectivity index (χ1) is 16.4. The molecule has 2 bridgehead atoms. The van der Waals surface area contributed by atoms with Gasteiger partial charge >= 0.3 is 0 Å². The molecular formula is C31H41P3Rh. The van der Waals surface area contributed by atoms with Gasteiger partial charge in [-0.05, 0) is 75.2 Å². The summed E-state index contributed by atoms with van der Waals surface area (Å²) >= 11 is 0. The number of allylic oxidation sites excluding steroid dienone is 4. The quantitative estimate of drug-likeness (QED) is 0.208. The Kier molecular flexibility index (Phi) is 16.8. The molecule has 0 amide bonds. The molecule has 2 aliphatic carbocycles. The zero-order valence-corrected chi connectivity index (χ0v) is 26.4. The summed E-state index contributed by atoms with van der Waals surface area (Å²) in [4.78, 5) is 0. The van der Waals surface area contributed by atoms with Gasteiger partial charge in [0.1, 0.15) is 0 Å². The van der Waals surface area contributed by atoms with Crippen LogP contribution in [0.3, 0.4) is 0 Å². The Morgan fingerprint density at radius 2 is 0.686 bits per heavy atom. The monoisotopic (exact) mass is 609 g/mol. The van der Waals surface area contributed by atoms with E-state index in [4.69, 9.17) is 0 Å². The van der Waals surface area contributed by atoms with Crippen LogP contribution in [0.15, 0.2) is 114 Å². The standard InChI is InChI=1S/3C8H11P.C7H8.Rh/c3*1-9(2)8-6-4-3-5-7-8;1-2-7-4-3-6(1)5-7;/h3*3-7H,1-2H3;1-2H,3-5H2;. The van der Waals surface area contributed by atoms with E-state index in [0.29, 0.717) is 0 Å². The molecule has 0 atom stereocenters. The van der Waals surface area contributed by atoms with Gasteiger partial charge in [-0.15, -0.1) is 0 Å². The van der Waals surface area contributed by atoms with Gasteiger partial charge in [-0.25, -0.2) is 0 Å². The first kappa shape index (κ1) is 32.1. The fraction of sp³-hybridized carbons (Fsp3) is 0.290. The second kappa shape index (κ2) is 18.3. The van der Waals surface area contributed by atoms with E-state index in [2.05, 4.69) is 143 Å². The Balaban J connectivity index is 0.000000232. The van der Waals surface area contributed by atoms with Crippen molar-refractivity contribution in [1.29, 1.82) is 0 Å². The van der Waals surface area contributed by atoms with Gasteiger partial charge in [0.15, 0.2) is 0 Å². The average Bonchev–Trinajstić information content (AvgIpc) is 3.53. The minimum Gasteiger partial charge on any atom is -0.0817 e. The molecule has 35 heavy (non-hydrogen) atoms. The first-order valence-corrected chi connectivity index (χ1v) is 18.6. The maximum absolute atomic E-state index is 2.27. The molecule has 0 N–H and O–H groups in total. The number of benzene rings is 3. The van der Waals surface area contributed by atoms with Crippen LogP contribution in [0.1, 0.15) is 19.3 Å². The molecule has 1 radical (unpaired) electrons. The second-order valence-electron chi connectivity index (χ2n) is 9.02. The van der Waals surface area contributed by atoms with Crippen LogP contribution in [0.5, 0.6) is 0 Å². The fourth-order valence-corrected chi connectivity index (χ4v) is 5.79. The predicted octanol–water partition coefficient (Wildman–Crippen LogP) is 8.19. The average molecular weight is 609 g/mol. The summed E-state index contributed by atoms with van der Waals surface area (Å²) in [6.45, 7) is 13.6. The van der Waals surface area contributed by atoms with Crippen LogP contribution in [0.25, 0.3) is 0 Å². The third kappa shape index (κ3) is 13.2. The van der Waals surface area contributed by atoms with Crippen molar-refractivity contribution in [2.45, 2.75) is 19.3 Å². The summed E-state index contributed by atoms with van der Waals surface area (Å²) in [5.41, 5.74) is 3.30. The third-order valence-electron chi connectivity index (χ3n) is 5.59. The van der Waals surface area contributed by atoms with Gasteiger partial charge in [0.2, 0.25) is 0 Å². The molecule has 5 rings (SSSR count). The minimum atomic E-state index is 0. The SMILES string of the molecule is C1=C2CCC(=C1)C2.CP(C)c1ccccc1.CP(C)c1ccccc1.CP(C)c1ccccc1.[Rh]. The van der Waals surface area contributed by atoms with E-state index < -0.39 is 0 Å². The van der Waals surface area contributed by atoms with Crippen molar-refractivity contribution >= 4 is 39.7 Å². The van der Waals surface area contributed by atoms with Gasteiger partial charge in [0.25, 0.3) is 0 Å². The third-order valence-corrected chi connectivity index (χ3v) is 9.59. The van der Waals surface area contributed by atoms with Crippen LogP contribution >= 0.6 is 23.8 Å². The molecule has 0 unspecified atom stereocenters. The van der Waals surface area contributed by atoms with Crippen molar-refractivity contribution in [1.82, 2.24) is 0 Å². The van der Waals surface area contributed by atoms with E-state index in [-0.39, 0.29) is 43.2 Å². The molecule has 3 aromatic carbocycles. The zero-order valence-electron chi connectivity index (χ0n) is 22.1. The molecule has 189 valence electrons. The van der Waals surface area contributed by atoms with Crippen LogP contribution in [-0.4, -0.2) is 40.0 Å². The van der Waals surface area contributed by atoms with Gasteiger partial charge in [-0.1, -0.05) is 138 Å². The van der Waals surface area contributed by atoms with Crippen molar-refractivity contribution in [3.05, 3.63) is 114 Å². The first-order valence-electron chi connectivity index (χ1n) is 11.9. The van der Waals surface area contributed by atoms with Crippen molar-refractivity contribution in [2.24, 2.45) is 0 Å². The Hall–Kier alpha value is -0.947. The Bertz CT molecular complexity index is 874. The zero-order chi connectivity index (χ0) is 24.8. The van der Waals surface area contributed by atoms with E-state index in [1.54, 1.807) is 11.1 Å². The van der Waals surface area contributed by atoms with E-state index in [1.165, 1.54) is 35.2 Å². The smallest absolute Gasteiger partial charge is 0 e. The van der Waals surface area contributed by atoms with Gasteiger partial charge in [0.05, 0.1) is 0 Å². The van der Waals surface area contributed by atoms with E-state index >= 15 is 0 Å². The summed E-state index contributed by atoms with van der Waals surface area (Å²) in [6, 6.07) is 31.9. The molecule has 0 aliphatic heterocycles. The molecule has 0 heterocycles. The number of hydrogen-bond acceptors (Lipinski definition) is 0. The number of rotatable bonds is 3. The molecule has 3 aromatic rings. The van der Waals surface area contributed by atoms with Crippen LogP contribution in [0, 0.1) is 0 Å². The molecule has 1 saturated carbocycles. The van der Waals surface area contributed by atoms with Crippen molar-refractivity contribution in [3.63, 3.8) is 0 Å². The van der Waals surface area contributed by atoms with Gasteiger partial charge in [-0.2, -0.15) is 0 Å². The van der Waals surface area contributed by atoms with Crippen molar-refractivity contribution < 1.29 is 19.5 Å². The van der Waals surface area contributed by atoms with E-state index in [9.17, 15) is 0 Å². The van der Waals surface area contributed by atoms with Crippen molar-refractivity contribution in [2.75, 3.05) is 40.0 Å². The Labute approximate surface area is 231 Å². The summed E-state index contributed by atoms with van der Waals surface area (Å²) in [5, 5.41) is 4.44. The molecule has 0 saturated heterocycles. The summed E-state index contributed by atoms with van der Waals surface area (Å²) in [7, 11) is 0.313. The largest absolute Gasteiger partial charge is 0.0817 e. The van der Waals surface area contributed by atoms with Gasteiger partial charge in [-0.3, -0.25) is 0 Å². The summed E-state index contributed by atoms with van der Waals surface area (Å²) in [5.74, 6) is 0. The molecule has 2 aliphatic rings. The van der Waals surface area contributed by atoms with Crippen LogP contribution in [0.4, 0.5) is 0 Å². The Morgan fingerprint density at radius 1 is 0.429 bits per heavy atom. The summed E-state index contributed by atoms with van der Waals surface area (Å²) < 4.78 is 0. The molecule has 1 fully saturated rings. The molecular weight excluding hydrogens is 568 g/mol. The second-order valence-corrected chi connectivity index (χ2v) is 15.9.